The molecule has 25 heteroatoms. The fourth-order valence-electron chi connectivity index (χ4n) is 8.90. The molecule has 0 aliphatic heterocycles. The fraction of sp³-hybridized carbons (Fsp3) is 0.169. The van der Waals surface area contributed by atoms with Gasteiger partial charge in [-0.25, -0.2) is 19.9 Å². The lowest BCUT2D eigenvalue weighted by Crippen LogP contribution is -2.32. The van der Waals surface area contributed by atoms with Crippen molar-refractivity contribution in [1.82, 2.24) is 58.4 Å². The zero-order valence-corrected chi connectivity index (χ0v) is 48.5. The first-order valence-corrected chi connectivity index (χ1v) is 27.2. The highest BCUT2D eigenvalue weighted by Crippen LogP contribution is 2.33. The van der Waals surface area contributed by atoms with Crippen LogP contribution in [0.3, 0.4) is 0 Å². The third-order valence-corrected chi connectivity index (χ3v) is 14.2. The van der Waals surface area contributed by atoms with E-state index in [0.29, 0.717) is 107 Å². The second-order valence-electron chi connectivity index (χ2n) is 18.5. The molecule has 0 spiro atoms. The van der Waals surface area contributed by atoms with Gasteiger partial charge in [0.1, 0.15) is 39.8 Å². The summed E-state index contributed by atoms with van der Waals surface area (Å²) in [6.45, 7) is 5.11. The topological polar surface area (TPSA) is 187 Å². The highest BCUT2D eigenvalue weighted by Gasteiger charge is 2.25. The van der Waals surface area contributed by atoms with Crippen molar-refractivity contribution in [2.24, 2.45) is 0 Å². The molecule has 0 atom stereocenters. The van der Waals surface area contributed by atoms with Gasteiger partial charge in [-0.1, -0.05) is 64.6 Å². The number of carbonyl (C=O) groups is 3. The van der Waals surface area contributed by atoms with Gasteiger partial charge in [0, 0.05) is 57.0 Å². The van der Waals surface area contributed by atoms with Gasteiger partial charge in [0.25, 0.3) is 0 Å². The molecular weight excluding hydrogens is 1160 g/mol. The lowest BCUT2D eigenvalue weighted by molar-refractivity contribution is -0.130. The minimum absolute atomic E-state index is 0.00702. The van der Waals surface area contributed by atoms with Crippen LogP contribution >= 0.6 is 46.4 Å². The molecule has 0 aliphatic rings. The molecule has 428 valence electrons. The molecule has 84 heavy (non-hydrogen) atoms. The molecule has 0 unspecified atom stereocenters. The molecule has 9 aromatic heterocycles. The number of para-hydroxylation sites is 1. The smallest absolute Gasteiger partial charge is 0.233 e. The van der Waals surface area contributed by atoms with Gasteiger partial charge in [0.05, 0.1) is 81.1 Å². The molecule has 9 heterocycles. The van der Waals surface area contributed by atoms with Gasteiger partial charge in [-0.3, -0.25) is 14.4 Å². The molecule has 0 bridgehead atoms. The van der Waals surface area contributed by atoms with Crippen LogP contribution in [0.25, 0.3) is 51.0 Å². The number of likely N-dealkylation sites (N-methyl/N-ethyl adjacent to an activating group) is 3. The van der Waals surface area contributed by atoms with E-state index in [1.54, 1.807) is 93.1 Å². The average molecular weight is 1210 g/mol. The number of amides is 3. The number of rotatable bonds is 14. The molecule has 0 saturated carbocycles. The summed E-state index contributed by atoms with van der Waals surface area (Å²) < 4.78 is 49.9. The molecular formula is C59H49Cl4F3N14O4. The Kier molecular flexibility index (Phi) is 18.8. The zero-order chi connectivity index (χ0) is 59.8. The molecule has 3 amide bonds. The van der Waals surface area contributed by atoms with Crippen molar-refractivity contribution in [2.75, 3.05) is 44.1 Å². The Morgan fingerprint density at radius 2 is 1.02 bits per heavy atom. The van der Waals surface area contributed by atoms with Crippen molar-refractivity contribution in [3.8, 4) is 39.8 Å². The van der Waals surface area contributed by atoms with Crippen molar-refractivity contribution < 1.29 is 32.3 Å². The highest BCUT2D eigenvalue weighted by atomic mass is 35.5. The Hall–Kier alpha value is -9.02. The van der Waals surface area contributed by atoms with Gasteiger partial charge in [-0.15, -0.1) is 20.4 Å². The van der Waals surface area contributed by atoms with E-state index >= 15 is 0 Å². The summed E-state index contributed by atoms with van der Waals surface area (Å²) in [5, 5.41) is 16.5. The number of hydrogen-bond donors (Lipinski definition) is 0. The summed E-state index contributed by atoms with van der Waals surface area (Å²) >= 11 is 24.8. The quantitative estimate of drug-likeness (QED) is 0.0939. The van der Waals surface area contributed by atoms with E-state index in [1.165, 1.54) is 47.5 Å². The Labute approximate surface area is 498 Å². The Morgan fingerprint density at radius 1 is 0.524 bits per heavy atom. The van der Waals surface area contributed by atoms with E-state index in [0.717, 1.165) is 11.3 Å². The number of methoxy groups -OCH3 is 1. The minimum Gasteiger partial charge on any atom is -0.497 e. The number of halogens is 7. The normalized spacial score (nSPS) is 11.0. The third-order valence-electron chi connectivity index (χ3n) is 13.3. The number of carbonyl (C=O) groups excluding carboxylic acids is 3. The molecule has 11 aromatic rings. The number of fused-ring (bicyclic) bond motifs is 3. The van der Waals surface area contributed by atoms with Crippen molar-refractivity contribution in [2.45, 2.75) is 33.1 Å². The fourth-order valence-corrected chi connectivity index (χ4v) is 9.73. The van der Waals surface area contributed by atoms with Crippen molar-refractivity contribution in [3.63, 3.8) is 0 Å². The largest absolute Gasteiger partial charge is 0.497 e. The van der Waals surface area contributed by atoms with E-state index in [1.807, 2.05) is 68.4 Å². The van der Waals surface area contributed by atoms with Crippen LogP contribution < -0.4 is 14.5 Å². The van der Waals surface area contributed by atoms with Crippen LogP contribution in [0, 0.1) is 17.8 Å². The summed E-state index contributed by atoms with van der Waals surface area (Å²) in [4.78, 5) is 60.7. The Balaban J connectivity index is 0.000000152. The second-order valence-corrected chi connectivity index (χ2v) is 20.2. The van der Waals surface area contributed by atoms with Gasteiger partial charge >= 0.3 is 0 Å². The first-order chi connectivity index (χ1) is 40.4. The number of pyridine rings is 4. The Morgan fingerprint density at radius 3 is 1.51 bits per heavy atom. The maximum atomic E-state index is 13.2. The van der Waals surface area contributed by atoms with Gasteiger partial charge in [0.2, 0.25) is 35.6 Å². The number of hydrogen-bond acceptors (Lipinski definition) is 12. The predicted octanol–water partition coefficient (Wildman–Crippen LogP) is 11.8. The van der Waals surface area contributed by atoms with Crippen LogP contribution in [0.1, 0.15) is 30.9 Å². The van der Waals surface area contributed by atoms with E-state index in [4.69, 9.17) is 51.1 Å². The van der Waals surface area contributed by atoms with Crippen LogP contribution in [-0.4, -0.2) is 110 Å². The number of nitrogens with zero attached hydrogens (tertiary/aromatic N) is 14. The van der Waals surface area contributed by atoms with Crippen LogP contribution in [0.5, 0.6) is 5.75 Å². The van der Waals surface area contributed by atoms with Crippen molar-refractivity contribution in [3.05, 3.63) is 201 Å². The number of aromatic nitrogens is 11. The van der Waals surface area contributed by atoms with E-state index in [9.17, 15) is 27.6 Å². The summed E-state index contributed by atoms with van der Waals surface area (Å²) in [6.07, 6.45) is 6.57. The lowest BCUT2D eigenvalue weighted by atomic mass is 10.1. The van der Waals surface area contributed by atoms with Crippen molar-refractivity contribution >= 4 is 92.4 Å². The third kappa shape index (κ3) is 13.6. The number of anilines is 2. The van der Waals surface area contributed by atoms with Crippen LogP contribution in [-0.2, 0) is 33.6 Å². The molecule has 0 saturated heterocycles. The minimum atomic E-state index is -0.683. The van der Waals surface area contributed by atoms with Gasteiger partial charge < -0.3 is 32.6 Å². The van der Waals surface area contributed by atoms with Gasteiger partial charge in [0.15, 0.2) is 5.65 Å². The molecule has 0 N–H and O–H groups in total. The summed E-state index contributed by atoms with van der Waals surface area (Å²) in [7, 11) is 4.91. The summed E-state index contributed by atoms with van der Waals surface area (Å²) in [5.74, 6) is -1.66. The maximum Gasteiger partial charge on any atom is 0.233 e. The molecule has 2 aromatic carbocycles. The SMILES string of the molecule is CCN(CC)C(=O)Cc1c(-c2ccc([18F])nn2)nc2ccc(Cl)cn12.CN(C(=O)Cc1c(-c2ccc([18F])nn2)nc2ccc(Cl)cn12)c1ccccc1.COc1ccc(-c2nc3c(Cl)cc(Cl)cn3c2CC(=O)N(C)c2ccc([18F])nc2)cc1. The zero-order valence-electron chi connectivity index (χ0n) is 45.4. The molecule has 0 fully saturated rings. The average Bonchev–Trinajstić information content (AvgIpc) is 3.13. The predicted molar refractivity (Wildman–Crippen MR) is 316 cm³/mol. The van der Waals surface area contributed by atoms with Crippen molar-refractivity contribution in [1.29, 1.82) is 0 Å². The van der Waals surface area contributed by atoms with E-state index in [2.05, 4.69) is 40.3 Å². The van der Waals surface area contributed by atoms with Gasteiger partial charge in [-0.2, -0.15) is 13.2 Å². The maximum absolute atomic E-state index is 13.2. The number of benzene rings is 2. The monoisotopic (exact) mass is 1210 g/mol. The lowest BCUT2D eigenvalue weighted by Gasteiger charge is -2.18. The van der Waals surface area contributed by atoms with Crippen LogP contribution in [0.4, 0.5) is 24.5 Å². The number of imidazole rings is 3. The molecule has 0 aliphatic carbocycles. The van der Waals surface area contributed by atoms with Crippen LogP contribution in [0.2, 0.25) is 20.1 Å². The van der Waals surface area contributed by atoms with E-state index < -0.39 is 17.8 Å². The van der Waals surface area contributed by atoms with Crippen LogP contribution in [0.15, 0.2) is 146 Å². The summed E-state index contributed by atoms with van der Waals surface area (Å²) in [6, 6.07) is 33.3. The standard InChI is InChI=1S/C22H17Cl2FN4O2.C20H15ClFN5O.C17H17ClFN5O/c1-28(15-5-8-19(25)26-11-15)20(30)10-18-21(13-3-6-16(31-2)7-4-13)27-22-17(24)9-14(23)12-29(18)22;1-26(14-5-3-2-4-6-14)19(28)11-16-20(15-8-9-17(22)25-24-15)23-18-10-7-13(21)12-27(16)18;1-3-23(4-2)16(25)9-13-17(12-6-7-14(19)22-21-12)20-15-8-5-11(18)10-24(13)15/h3-9,11-12H,10H2,1-2H3;2-10,12H,11H2,1H3;5-8,10H,3-4,9H2,1-2H3/i25-1;22-1;19-1. The highest BCUT2D eigenvalue weighted by molar-refractivity contribution is 6.36. The first kappa shape index (κ1) is 59.6. The van der Waals surface area contributed by atoms with Gasteiger partial charge in [-0.05, 0) is 117 Å². The van der Waals surface area contributed by atoms with E-state index in [-0.39, 0.29) is 37.0 Å². The molecule has 11 rings (SSSR count). The Bertz CT molecular complexity index is 4150. The molecule has 18 nitrogen and oxygen atoms in total. The molecule has 0 radical (unpaired) electrons. The number of ether oxygens (including phenoxy) is 1. The first-order valence-electron chi connectivity index (χ1n) is 25.7. The summed E-state index contributed by atoms with van der Waals surface area (Å²) in [5.41, 5.74) is 8.00. The second kappa shape index (κ2) is 26.5.